The van der Waals surface area contributed by atoms with Crippen LogP contribution in [0.3, 0.4) is 0 Å². The summed E-state index contributed by atoms with van der Waals surface area (Å²) in [7, 11) is 0. The standard InChI is InChI=1S/C12H21N5O/c1-4-5-15-11-6-14-7-12(16-11)17(9(2)3)8-10(13)18/h6-7,9H,4-5,8H2,1-3H3,(H2,13,18)(H,15,16). The van der Waals surface area contributed by atoms with Gasteiger partial charge in [0.1, 0.15) is 11.6 Å². The fraction of sp³-hybridized carbons (Fsp3) is 0.583. The summed E-state index contributed by atoms with van der Waals surface area (Å²) in [6.45, 7) is 7.03. The summed E-state index contributed by atoms with van der Waals surface area (Å²) in [5, 5.41) is 3.17. The van der Waals surface area contributed by atoms with Crippen LogP contribution in [0.25, 0.3) is 0 Å². The Bertz CT molecular complexity index is 394. The number of hydrogen-bond acceptors (Lipinski definition) is 5. The van der Waals surface area contributed by atoms with E-state index in [0.717, 1.165) is 13.0 Å². The van der Waals surface area contributed by atoms with Gasteiger partial charge in [0, 0.05) is 12.6 Å². The minimum absolute atomic E-state index is 0.133. The van der Waals surface area contributed by atoms with Gasteiger partial charge in [-0.25, -0.2) is 4.98 Å². The fourth-order valence-corrected chi connectivity index (χ4v) is 1.53. The third-order valence-electron chi connectivity index (χ3n) is 2.42. The zero-order valence-corrected chi connectivity index (χ0v) is 11.2. The number of amides is 1. The van der Waals surface area contributed by atoms with E-state index in [-0.39, 0.29) is 18.5 Å². The number of hydrogen-bond donors (Lipinski definition) is 2. The molecule has 0 radical (unpaired) electrons. The van der Waals surface area contributed by atoms with Gasteiger partial charge in [0.25, 0.3) is 0 Å². The molecule has 0 saturated heterocycles. The first kappa shape index (κ1) is 14.2. The van der Waals surface area contributed by atoms with Crippen molar-refractivity contribution in [3.8, 4) is 0 Å². The Labute approximate surface area is 108 Å². The van der Waals surface area contributed by atoms with Gasteiger partial charge in [0.05, 0.1) is 18.9 Å². The molecule has 0 spiro atoms. The van der Waals surface area contributed by atoms with E-state index in [1.807, 2.05) is 18.7 Å². The molecule has 3 N–H and O–H groups in total. The van der Waals surface area contributed by atoms with Crippen molar-refractivity contribution < 1.29 is 4.79 Å². The lowest BCUT2D eigenvalue weighted by atomic mass is 10.3. The van der Waals surface area contributed by atoms with E-state index in [1.165, 1.54) is 0 Å². The van der Waals surface area contributed by atoms with Crippen molar-refractivity contribution in [3.05, 3.63) is 12.4 Å². The van der Waals surface area contributed by atoms with Gasteiger partial charge in [-0.05, 0) is 20.3 Å². The monoisotopic (exact) mass is 251 g/mol. The highest BCUT2D eigenvalue weighted by atomic mass is 16.1. The van der Waals surface area contributed by atoms with Crippen molar-refractivity contribution in [1.82, 2.24) is 9.97 Å². The highest BCUT2D eigenvalue weighted by Crippen LogP contribution is 2.14. The number of rotatable bonds is 7. The molecule has 1 aromatic heterocycles. The summed E-state index contributed by atoms with van der Waals surface area (Å²) < 4.78 is 0. The maximum atomic E-state index is 11.1. The van der Waals surface area contributed by atoms with Crippen LogP contribution in [0.4, 0.5) is 11.6 Å². The van der Waals surface area contributed by atoms with Crippen LogP contribution in [-0.2, 0) is 4.79 Å². The lowest BCUT2D eigenvalue weighted by Gasteiger charge is -2.26. The molecule has 1 aromatic rings. The van der Waals surface area contributed by atoms with Gasteiger partial charge in [0.15, 0.2) is 0 Å². The first-order chi connectivity index (χ1) is 8.54. The summed E-state index contributed by atoms with van der Waals surface area (Å²) >= 11 is 0. The Balaban J connectivity index is 2.87. The summed E-state index contributed by atoms with van der Waals surface area (Å²) in [5.41, 5.74) is 5.24. The van der Waals surface area contributed by atoms with Crippen LogP contribution < -0.4 is 16.0 Å². The predicted molar refractivity (Wildman–Crippen MR) is 72.5 cm³/mol. The summed E-state index contributed by atoms with van der Waals surface area (Å²) in [4.78, 5) is 21.4. The Kier molecular flexibility index (Phi) is 5.35. The van der Waals surface area contributed by atoms with E-state index >= 15 is 0 Å². The molecule has 0 aliphatic rings. The van der Waals surface area contributed by atoms with Crippen molar-refractivity contribution in [2.24, 2.45) is 5.73 Å². The molecular formula is C12H21N5O. The van der Waals surface area contributed by atoms with Crippen LogP contribution in [0.2, 0.25) is 0 Å². The molecule has 100 valence electrons. The highest BCUT2D eigenvalue weighted by molar-refractivity contribution is 5.79. The van der Waals surface area contributed by atoms with Crippen molar-refractivity contribution >= 4 is 17.5 Å². The second kappa shape index (κ2) is 6.78. The van der Waals surface area contributed by atoms with E-state index in [4.69, 9.17) is 5.73 Å². The van der Waals surface area contributed by atoms with Crippen LogP contribution in [0, 0.1) is 0 Å². The van der Waals surface area contributed by atoms with E-state index < -0.39 is 0 Å². The van der Waals surface area contributed by atoms with Crippen molar-refractivity contribution in [3.63, 3.8) is 0 Å². The molecule has 0 aliphatic carbocycles. The average Bonchev–Trinajstić information content (AvgIpc) is 2.33. The number of nitrogens with zero attached hydrogens (tertiary/aromatic N) is 3. The van der Waals surface area contributed by atoms with Crippen LogP contribution in [0.1, 0.15) is 27.2 Å². The van der Waals surface area contributed by atoms with Crippen molar-refractivity contribution in [1.29, 1.82) is 0 Å². The van der Waals surface area contributed by atoms with Crippen LogP contribution >= 0.6 is 0 Å². The molecule has 6 nitrogen and oxygen atoms in total. The van der Waals surface area contributed by atoms with Gasteiger partial charge in [-0.1, -0.05) is 6.92 Å². The first-order valence-corrected chi connectivity index (χ1v) is 6.15. The Hall–Kier alpha value is -1.85. The van der Waals surface area contributed by atoms with Crippen molar-refractivity contribution in [2.45, 2.75) is 33.2 Å². The van der Waals surface area contributed by atoms with E-state index in [2.05, 4.69) is 22.2 Å². The van der Waals surface area contributed by atoms with Gasteiger partial charge >= 0.3 is 0 Å². The molecule has 0 bridgehead atoms. The number of nitrogens with one attached hydrogen (secondary N) is 1. The lowest BCUT2D eigenvalue weighted by molar-refractivity contribution is -0.116. The van der Waals surface area contributed by atoms with Crippen molar-refractivity contribution in [2.75, 3.05) is 23.3 Å². The second-order valence-electron chi connectivity index (χ2n) is 4.38. The number of aromatic nitrogens is 2. The number of carbonyl (C=O) groups is 1. The SMILES string of the molecule is CCCNc1cncc(N(CC(N)=O)C(C)C)n1. The second-order valence-corrected chi connectivity index (χ2v) is 4.38. The third kappa shape index (κ3) is 4.20. The molecule has 1 heterocycles. The maximum absolute atomic E-state index is 11.1. The third-order valence-corrected chi connectivity index (χ3v) is 2.42. The first-order valence-electron chi connectivity index (χ1n) is 6.15. The number of anilines is 2. The smallest absolute Gasteiger partial charge is 0.237 e. The van der Waals surface area contributed by atoms with Gasteiger partial charge < -0.3 is 16.0 Å². The Morgan fingerprint density at radius 3 is 2.78 bits per heavy atom. The largest absolute Gasteiger partial charge is 0.369 e. The zero-order valence-electron chi connectivity index (χ0n) is 11.2. The minimum atomic E-state index is -0.377. The topological polar surface area (TPSA) is 84.1 Å². The quantitative estimate of drug-likeness (QED) is 0.755. The van der Waals surface area contributed by atoms with Crippen LogP contribution in [0.5, 0.6) is 0 Å². The van der Waals surface area contributed by atoms with Gasteiger partial charge in [0.2, 0.25) is 5.91 Å². The molecule has 0 fully saturated rings. The van der Waals surface area contributed by atoms with E-state index in [0.29, 0.717) is 11.6 Å². The summed E-state index contributed by atoms with van der Waals surface area (Å²) in [6.07, 6.45) is 4.32. The zero-order chi connectivity index (χ0) is 13.5. The summed E-state index contributed by atoms with van der Waals surface area (Å²) in [6, 6.07) is 0.133. The molecule has 0 atom stereocenters. The molecule has 1 rings (SSSR count). The van der Waals surface area contributed by atoms with Gasteiger partial charge in [-0.15, -0.1) is 0 Å². The molecule has 0 aromatic carbocycles. The number of nitrogens with two attached hydrogens (primary N) is 1. The molecular weight excluding hydrogens is 230 g/mol. The molecule has 1 amide bonds. The van der Waals surface area contributed by atoms with Crippen LogP contribution in [0.15, 0.2) is 12.4 Å². The molecule has 18 heavy (non-hydrogen) atoms. The minimum Gasteiger partial charge on any atom is -0.369 e. The predicted octanol–water partition coefficient (Wildman–Crippen LogP) is 0.999. The number of primary amides is 1. The molecule has 0 saturated carbocycles. The van der Waals surface area contributed by atoms with Crippen LogP contribution in [-0.4, -0.2) is 35.0 Å². The Morgan fingerprint density at radius 2 is 2.22 bits per heavy atom. The highest BCUT2D eigenvalue weighted by Gasteiger charge is 2.15. The normalized spacial score (nSPS) is 10.4. The fourth-order valence-electron chi connectivity index (χ4n) is 1.53. The molecule has 6 heteroatoms. The average molecular weight is 251 g/mol. The van der Waals surface area contributed by atoms with Gasteiger partial charge in [-0.3, -0.25) is 9.78 Å². The maximum Gasteiger partial charge on any atom is 0.237 e. The number of carbonyl (C=O) groups excluding carboxylic acids is 1. The lowest BCUT2D eigenvalue weighted by Crippen LogP contribution is -2.39. The van der Waals surface area contributed by atoms with E-state index in [9.17, 15) is 4.79 Å². The van der Waals surface area contributed by atoms with E-state index in [1.54, 1.807) is 12.4 Å². The molecule has 0 aliphatic heterocycles. The Morgan fingerprint density at radius 1 is 1.50 bits per heavy atom. The van der Waals surface area contributed by atoms with Gasteiger partial charge in [-0.2, -0.15) is 0 Å². The summed E-state index contributed by atoms with van der Waals surface area (Å²) in [5.74, 6) is 0.992. The molecule has 0 unspecified atom stereocenters.